The first kappa shape index (κ1) is 9.32. The topological polar surface area (TPSA) is 62.8 Å². The van der Waals surface area contributed by atoms with Crippen molar-refractivity contribution in [3.8, 4) is 0 Å². The van der Waals surface area contributed by atoms with Crippen molar-refractivity contribution in [3.63, 3.8) is 0 Å². The van der Waals surface area contributed by atoms with Crippen molar-refractivity contribution < 1.29 is 0 Å². The minimum absolute atomic E-state index is 0.156. The highest BCUT2D eigenvalue weighted by Crippen LogP contribution is 2.02. The summed E-state index contributed by atoms with van der Waals surface area (Å²) >= 11 is 1.74. The molecule has 0 aliphatic rings. The zero-order chi connectivity index (χ0) is 10.1. The molecule has 0 radical (unpaired) electrons. The first-order valence-electron chi connectivity index (χ1n) is 3.87. The number of rotatable bonds is 0. The summed E-state index contributed by atoms with van der Waals surface area (Å²) in [6.07, 6.45) is 0. The number of aromatic nitrogens is 2. The summed E-state index contributed by atoms with van der Waals surface area (Å²) in [6, 6.07) is 6.80. The van der Waals surface area contributed by atoms with Gasteiger partial charge in [0.2, 0.25) is 0 Å². The van der Waals surface area contributed by atoms with Crippen LogP contribution in [0.15, 0.2) is 33.9 Å². The number of para-hydroxylation sites is 1. The molecule has 0 unspecified atom stereocenters. The number of nitrogens with zero attached hydrogens (tertiary/aromatic N) is 1. The van der Waals surface area contributed by atoms with Gasteiger partial charge in [0.25, 0.3) is 11.1 Å². The first-order chi connectivity index (χ1) is 6.68. The van der Waals surface area contributed by atoms with Crippen LogP contribution in [-0.2, 0) is 0 Å². The van der Waals surface area contributed by atoms with Crippen LogP contribution < -0.4 is 11.1 Å². The van der Waals surface area contributed by atoms with Crippen molar-refractivity contribution in [1.29, 1.82) is 0 Å². The van der Waals surface area contributed by atoms with Gasteiger partial charge in [0.15, 0.2) is 3.70 Å². The molecule has 1 N–H and O–H groups in total. The molecule has 0 saturated heterocycles. The van der Waals surface area contributed by atoms with Crippen LogP contribution in [-0.4, -0.2) is 9.97 Å². The summed E-state index contributed by atoms with van der Waals surface area (Å²) in [5, 5.41) is 0.424. The average molecular weight is 300 g/mol. The zero-order valence-electron chi connectivity index (χ0n) is 6.95. The molecule has 0 amide bonds. The van der Waals surface area contributed by atoms with Crippen LogP contribution in [0.4, 0.5) is 0 Å². The Labute approximate surface area is 92.1 Å². The second-order valence-electron chi connectivity index (χ2n) is 2.71. The summed E-state index contributed by atoms with van der Waals surface area (Å²) in [7, 11) is 0. The second-order valence-corrected chi connectivity index (χ2v) is 3.73. The van der Waals surface area contributed by atoms with Crippen LogP contribution in [0.2, 0.25) is 0 Å². The summed E-state index contributed by atoms with van der Waals surface area (Å²) in [5.74, 6) is 0. The fourth-order valence-corrected chi connectivity index (χ4v) is 1.51. The highest BCUT2D eigenvalue weighted by Gasteiger charge is 2.00. The molecule has 2 aromatic rings. The Bertz CT molecular complexity index is 606. The van der Waals surface area contributed by atoms with Crippen LogP contribution in [0.5, 0.6) is 0 Å². The van der Waals surface area contributed by atoms with E-state index in [0.717, 1.165) is 0 Å². The standard InChI is InChI=1S/C9H5IN2O2/c10-7-9(14)11-6-4-2-1-3-5(6)8(13)12-7/h1-4H,(H,11,14). The molecule has 0 bridgehead atoms. The largest absolute Gasteiger partial charge is 0.319 e. The van der Waals surface area contributed by atoms with Crippen molar-refractivity contribution in [3.05, 3.63) is 48.7 Å². The highest BCUT2D eigenvalue weighted by atomic mass is 127. The Morgan fingerprint density at radius 2 is 1.93 bits per heavy atom. The van der Waals surface area contributed by atoms with Crippen LogP contribution in [0.25, 0.3) is 10.9 Å². The van der Waals surface area contributed by atoms with Gasteiger partial charge in [-0.2, -0.15) is 4.98 Å². The summed E-state index contributed by atoms with van der Waals surface area (Å²) in [4.78, 5) is 29.1. The summed E-state index contributed by atoms with van der Waals surface area (Å²) in [5.41, 5.74) is -0.217. The molecule has 70 valence electrons. The van der Waals surface area contributed by atoms with E-state index < -0.39 is 0 Å². The van der Waals surface area contributed by atoms with E-state index in [1.807, 2.05) is 0 Å². The Morgan fingerprint density at radius 3 is 2.71 bits per heavy atom. The minimum Gasteiger partial charge on any atom is -0.319 e. The normalized spacial score (nSPS) is 10.4. The molecule has 0 fully saturated rings. The van der Waals surface area contributed by atoms with E-state index in [9.17, 15) is 9.59 Å². The van der Waals surface area contributed by atoms with Gasteiger partial charge in [-0.1, -0.05) is 12.1 Å². The van der Waals surface area contributed by atoms with Crippen molar-refractivity contribution >= 4 is 33.5 Å². The van der Waals surface area contributed by atoms with E-state index in [4.69, 9.17) is 0 Å². The van der Waals surface area contributed by atoms with E-state index in [1.54, 1.807) is 46.9 Å². The molecule has 0 atom stereocenters. The van der Waals surface area contributed by atoms with E-state index in [2.05, 4.69) is 9.97 Å². The van der Waals surface area contributed by atoms with Gasteiger partial charge in [0.1, 0.15) is 0 Å². The molecule has 1 aromatic carbocycles. The monoisotopic (exact) mass is 300 g/mol. The number of H-pyrrole nitrogens is 1. The fraction of sp³-hybridized carbons (Fsp3) is 0. The molecule has 14 heavy (non-hydrogen) atoms. The lowest BCUT2D eigenvalue weighted by molar-refractivity contribution is 1.17. The van der Waals surface area contributed by atoms with Gasteiger partial charge in [-0.25, -0.2) is 0 Å². The summed E-state index contributed by atoms with van der Waals surface area (Å²) in [6.45, 7) is 0. The number of fused-ring (bicyclic) bond motifs is 1. The molecule has 1 heterocycles. The van der Waals surface area contributed by atoms with Gasteiger partial charge in [-0.3, -0.25) is 9.59 Å². The van der Waals surface area contributed by atoms with E-state index in [0.29, 0.717) is 10.9 Å². The molecule has 0 aliphatic heterocycles. The van der Waals surface area contributed by atoms with Gasteiger partial charge in [0.05, 0.1) is 10.9 Å². The number of hydrogen-bond acceptors (Lipinski definition) is 3. The average Bonchev–Trinajstić information content (AvgIpc) is 2.27. The van der Waals surface area contributed by atoms with Crippen molar-refractivity contribution in [2.45, 2.75) is 0 Å². The molecule has 2 rings (SSSR count). The minimum atomic E-state index is -0.386. The number of nitrogens with one attached hydrogen (secondary N) is 1. The molecular formula is C9H5IN2O2. The van der Waals surface area contributed by atoms with E-state index in [-0.39, 0.29) is 14.8 Å². The van der Waals surface area contributed by atoms with E-state index >= 15 is 0 Å². The summed E-state index contributed by atoms with van der Waals surface area (Å²) < 4.78 is 0.156. The molecule has 4 nitrogen and oxygen atoms in total. The first-order valence-corrected chi connectivity index (χ1v) is 4.95. The number of aromatic amines is 1. The lowest BCUT2D eigenvalue weighted by atomic mass is 10.2. The number of hydrogen-bond donors (Lipinski definition) is 1. The van der Waals surface area contributed by atoms with Gasteiger partial charge in [-0.05, 0) is 34.7 Å². The fourth-order valence-electron chi connectivity index (χ4n) is 1.15. The molecule has 1 aromatic heterocycles. The Balaban J connectivity index is 3.13. The van der Waals surface area contributed by atoms with Crippen molar-refractivity contribution in [1.82, 2.24) is 9.97 Å². The molecule has 0 spiro atoms. The smallest absolute Gasteiger partial charge is 0.280 e. The predicted molar refractivity (Wildman–Crippen MR) is 61.4 cm³/mol. The molecule has 0 saturated carbocycles. The third kappa shape index (κ3) is 1.54. The Morgan fingerprint density at radius 1 is 1.21 bits per heavy atom. The third-order valence-electron chi connectivity index (χ3n) is 1.79. The van der Waals surface area contributed by atoms with Crippen LogP contribution >= 0.6 is 22.6 Å². The van der Waals surface area contributed by atoms with Crippen LogP contribution in [0, 0.1) is 3.70 Å². The van der Waals surface area contributed by atoms with Gasteiger partial charge < -0.3 is 4.98 Å². The Kier molecular flexibility index (Phi) is 2.32. The quantitative estimate of drug-likeness (QED) is 0.735. The zero-order valence-corrected chi connectivity index (χ0v) is 9.11. The predicted octanol–water partition coefficient (Wildman–Crippen LogP) is 0.888. The highest BCUT2D eigenvalue weighted by molar-refractivity contribution is 14.1. The van der Waals surface area contributed by atoms with Gasteiger partial charge in [-0.15, -0.1) is 0 Å². The van der Waals surface area contributed by atoms with Crippen LogP contribution in [0.1, 0.15) is 0 Å². The van der Waals surface area contributed by atoms with Crippen LogP contribution in [0.3, 0.4) is 0 Å². The maximum absolute atomic E-state index is 11.5. The van der Waals surface area contributed by atoms with Gasteiger partial charge >= 0.3 is 0 Å². The lowest BCUT2D eigenvalue weighted by Crippen LogP contribution is -2.10. The Hall–Kier alpha value is -1.24. The number of halogens is 1. The maximum Gasteiger partial charge on any atom is 0.280 e. The second kappa shape index (κ2) is 3.49. The maximum atomic E-state index is 11.5. The van der Waals surface area contributed by atoms with Gasteiger partial charge in [0, 0.05) is 0 Å². The van der Waals surface area contributed by atoms with Crippen molar-refractivity contribution in [2.75, 3.05) is 0 Å². The molecular weight excluding hydrogens is 295 g/mol. The number of benzene rings is 1. The third-order valence-corrected chi connectivity index (χ3v) is 2.52. The van der Waals surface area contributed by atoms with E-state index in [1.165, 1.54) is 0 Å². The molecule has 5 heteroatoms. The lowest BCUT2D eigenvalue weighted by Gasteiger charge is -1.86. The van der Waals surface area contributed by atoms with Crippen molar-refractivity contribution in [2.24, 2.45) is 0 Å². The SMILES string of the molecule is O=c1[nH]c2ccccc2c(=O)nc1I. The molecule has 0 aliphatic carbocycles.